The van der Waals surface area contributed by atoms with Gasteiger partial charge in [0.2, 0.25) is 0 Å². The molecule has 0 atom stereocenters. The van der Waals surface area contributed by atoms with Crippen molar-refractivity contribution >= 4 is 38.7 Å². The van der Waals surface area contributed by atoms with Crippen molar-refractivity contribution in [1.82, 2.24) is 9.66 Å². The molecule has 0 spiro atoms. The summed E-state index contributed by atoms with van der Waals surface area (Å²) in [6.07, 6.45) is 1.61. The Morgan fingerprint density at radius 2 is 1.79 bits per heavy atom. The summed E-state index contributed by atoms with van der Waals surface area (Å²) >= 11 is 3.55. The number of aryl methyl sites for hydroxylation is 1. The van der Waals surface area contributed by atoms with E-state index in [2.05, 4.69) is 34.9 Å². The zero-order valence-electron chi connectivity index (χ0n) is 24.1. The van der Waals surface area contributed by atoms with Gasteiger partial charge in [-0.1, -0.05) is 26.0 Å². The van der Waals surface area contributed by atoms with Gasteiger partial charge in [-0.15, -0.1) is 0 Å². The van der Waals surface area contributed by atoms with Gasteiger partial charge in [0.15, 0.2) is 5.82 Å². The SMILES string of the molecule is COc1cc(C)c(-c2nc3ccccc3c(=O)n2N=Cc2ccc(OCc3ccc([N+](=O)[O-])cc3)c(Br)c2)cc1C(C)C. The number of rotatable bonds is 9. The highest BCUT2D eigenvalue weighted by Gasteiger charge is 2.18. The minimum Gasteiger partial charge on any atom is -0.496 e. The molecular formula is C33H29BrN4O5. The van der Waals surface area contributed by atoms with Gasteiger partial charge >= 0.3 is 0 Å². The number of nitro groups is 1. The van der Waals surface area contributed by atoms with E-state index in [4.69, 9.17) is 14.5 Å². The second kappa shape index (κ2) is 12.6. The topological polar surface area (TPSA) is 109 Å². The monoisotopic (exact) mass is 640 g/mol. The summed E-state index contributed by atoms with van der Waals surface area (Å²) in [6, 6.07) is 22.9. The van der Waals surface area contributed by atoms with Gasteiger partial charge < -0.3 is 9.47 Å². The number of aromatic nitrogens is 2. The molecular weight excluding hydrogens is 612 g/mol. The largest absolute Gasteiger partial charge is 0.496 e. The molecule has 0 N–H and O–H groups in total. The fourth-order valence-corrected chi connectivity index (χ4v) is 5.20. The fourth-order valence-electron chi connectivity index (χ4n) is 4.69. The molecule has 0 radical (unpaired) electrons. The first-order valence-corrected chi connectivity index (χ1v) is 14.4. The molecule has 10 heteroatoms. The van der Waals surface area contributed by atoms with Crippen LogP contribution in [0.2, 0.25) is 0 Å². The van der Waals surface area contributed by atoms with E-state index in [1.165, 1.54) is 16.8 Å². The molecule has 4 aromatic carbocycles. The molecule has 0 unspecified atom stereocenters. The number of hydrogen-bond acceptors (Lipinski definition) is 7. The number of hydrogen-bond donors (Lipinski definition) is 0. The predicted octanol–water partition coefficient (Wildman–Crippen LogP) is 7.64. The number of nitro benzene ring substituents is 1. The van der Waals surface area contributed by atoms with Crippen LogP contribution in [-0.2, 0) is 6.61 Å². The van der Waals surface area contributed by atoms with Crippen molar-refractivity contribution in [3.63, 3.8) is 0 Å². The lowest BCUT2D eigenvalue weighted by molar-refractivity contribution is -0.384. The van der Waals surface area contributed by atoms with Crippen LogP contribution in [-0.4, -0.2) is 27.9 Å². The average Bonchev–Trinajstić information content (AvgIpc) is 3.00. The summed E-state index contributed by atoms with van der Waals surface area (Å²) < 4.78 is 13.6. The molecule has 1 heterocycles. The van der Waals surface area contributed by atoms with E-state index < -0.39 is 4.92 Å². The van der Waals surface area contributed by atoms with Crippen LogP contribution in [0, 0.1) is 17.0 Å². The van der Waals surface area contributed by atoms with Crippen LogP contribution in [0.1, 0.15) is 42.0 Å². The zero-order chi connectivity index (χ0) is 30.7. The lowest BCUT2D eigenvalue weighted by Gasteiger charge is -2.17. The van der Waals surface area contributed by atoms with E-state index in [0.717, 1.165) is 33.6 Å². The van der Waals surface area contributed by atoms with Crippen LogP contribution < -0.4 is 15.0 Å². The van der Waals surface area contributed by atoms with Crippen molar-refractivity contribution in [3.8, 4) is 22.9 Å². The molecule has 1 aromatic heterocycles. The number of methoxy groups -OCH3 is 1. The number of non-ortho nitro benzene ring substituents is 1. The fraction of sp³-hybridized carbons (Fsp3) is 0.182. The quantitative estimate of drug-likeness (QED) is 0.0930. The van der Waals surface area contributed by atoms with Crippen LogP contribution >= 0.6 is 15.9 Å². The molecule has 0 aliphatic rings. The Morgan fingerprint density at radius 3 is 2.47 bits per heavy atom. The van der Waals surface area contributed by atoms with Crippen LogP contribution in [0.15, 0.2) is 93.2 Å². The number of para-hydroxylation sites is 1. The molecule has 9 nitrogen and oxygen atoms in total. The van der Waals surface area contributed by atoms with Gasteiger partial charge in [-0.2, -0.15) is 9.78 Å². The van der Waals surface area contributed by atoms with Gasteiger partial charge in [-0.25, -0.2) is 4.98 Å². The first-order chi connectivity index (χ1) is 20.7. The maximum absolute atomic E-state index is 13.7. The Labute approximate surface area is 256 Å². The third-order valence-corrected chi connectivity index (χ3v) is 7.63. The molecule has 218 valence electrons. The lowest BCUT2D eigenvalue weighted by Crippen LogP contribution is -2.20. The molecule has 5 rings (SSSR count). The highest BCUT2D eigenvalue weighted by Crippen LogP contribution is 2.34. The average molecular weight is 642 g/mol. The van der Waals surface area contributed by atoms with E-state index in [1.807, 2.05) is 43.3 Å². The standard InChI is InChI=1S/C33H29BrN4O5/c1-20(2)26-17-27(21(3)15-31(26)42-4)32-36-29-8-6-5-7-25(29)33(39)37(32)35-18-23-11-14-30(28(34)16-23)43-19-22-9-12-24(13-10-22)38(40)41/h5-18,20H,19H2,1-4H3. The summed E-state index contributed by atoms with van der Waals surface area (Å²) in [5.41, 5.74) is 4.58. The van der Waals surface area contributed by atoms with E-state index in [9.17, 15) is 14.9 Å². The second-order valence-corrected chi connectivity index (χ2v) is 11.1. The normalized spacial score (nSPS) is 11.4. The Morgan fingerprint density at radius 1 is 1.05 bits per heavy atom. The van der Waals surface area contributed by atoms with Gasteiger partial charge in [0, 0.05) is 17.7 Å². The second-order valence-electron chi connectivity index (χ2n) is 10.3. The van der Waals surface area contributed by atoms with Crippen LogP contribution in [0.25, 0.3) is 22.3 Å². The Bertz CT molecular complexity index is 1920. The highest BCUT2D eigenvalue weighted by molar-refractivity contribution is 9.10. The van der Waals surface area contributed by atoms with Crippen LogP contribution in [0.4, 0.5) is 5.69 Å². The van der Waals surface area contributed by atoms with E-state index in [1.54, 1.807) is 43.7 Å². The predicted molar refractivity (Wildman–Crippen MR) is 171 cm³/mol. The van der Waals surface area contributed by atoms with Gasteiger partial charge in [-0.3, -0.25) is 14.9 Å². The van der Waals surface area contributed by atoms with Crippen molar-refractivity contribution in [2.75, 3.05) is 7.11 Å². The summed E-state index contributed by atoms with van der Waals surface area (Å²) in [5.74, 6) is 2.01. The van der Waals surface area contributed by atoms with Crippen molar-refractivity contribution in [2.45, 2.75) is 33.3 Å². The minimum absolute atomic E-state index is 0.0277. The van der Waals surface area contributed by atoms with Crippen LogP contribution in [0.5, 0.6) is 11.5 Å². The van der Waals surface area contributed by atoms with E-state index >= 15 is 0 Å². The van der Waals surface area contributed by atoms with Crippen LogP contribution in [0.3, 0.4) is 0 Å². The van der Waals surface area contributed by atoms with Crippen molar-refractivity contribution < 1.29 is 14.4 Å². The molecule has 0 saturated heterocycles. The third-order valence-electron chi connectivity index (χ3n) is 7.01. The van der Waals surface area contributed by atoms with Crippen molar-refractivity contribution in [1.29, 1.82) is 0 Å². The number of ether oxygens (including phenoxy) is 2. The van der Waals surface area contributed by atoms with E-state index in [-0.39, 0.29) is 23.8 Å². The summed E-state index contributed by atoms with van der Waals surface area (Å²) in [7, 11) is 1.65. The number of fused-ring (bicyclic) bond motifs is 1. The maximum atomic E-state index is 13.7. The minimum atomic E-state index is -0.437. The Kier molecular flexibility index (Phi) is 8.68. The zero-order valence-corrected chi connectivity index (χ0v) is 25.7. The lowest BCUT2D eigenvalue weighted by atomic mass is 9.96. The smallest absolute Gasteiger partial charge is 0.282 e. The molecule has 0 bridgehead atoms. The highest BCUT2D eigenvalue weighted by atomic mass is 79.9. The molecule has 0 aliphatic heterocycles. The van der Waals surface area contributed by atoms with Crippen molar-refractivity contribution in [2.24, 2.45) is 5.10 Å². The molecule has 0 fully saturated rings. The summed E-state index contributed by atoms with van der Waals surface area (Å²) in [5, 5.41) is 16.0. The molecule has 0 aliphatic carbocycles. The number of halogens is 1. The van der Waals surface area contributed by atoms with E-state index in [0.29, 0.717) is 26.9 Å². The van der Waals surface area contributed by atoms with Gasteiger partial charge in [0.1, 0.15) is 18.1 Å². The molecule has 0 saturated carbocycles. The first kappa shape index (κ1) is 29.7. The van der Waals surface area contributed by atoms with Crippen molar-refractivity contribution in [3.05, 3.63) is 126 Å². The Hall–Kier alpha value is -4.83. The maximum Gasteiger partial charge on any atom is 0.282 e. The van der Waals surface area contributed by atoms with Gasteiger partial charge in [0.05, 0.1) is 33.6 Å². The summed E-state index contributed by atoms with van der Waals surface area (Å²) in [4.78, 5) is 29.0. The molecule has 43 heavy (non-hydrogen) atoms. The van der Waals surface area contributed by atoms with Gasteiger partial charge in [0.25, 0.3) is 11.2 Å². The number of benzene rings is 4. The van der Waals surface area contributed by atoms with Gasteiger partial charge in [-0.05, 0) is 106 Å². The molecule has 0 amide bonds. The third kappa shape index (κ3) is 6.34. The summed E-state index contributed by atoms with van der Waals surface area (Å²) in [6.45, 7) is 6.38. The first-order valence-electron chi connectivity index (χ1n) is 13.6. The number of nitrogens with zero attached hydrogens (tertiary/aromatic N) is 4. The Balaban J connectivity index is 1.49. The molecule has 5 aromatic rings.